The van der Waals surface area contributed by atoms with E-state index >= 15 is 0 Å². The average molecular weight is 410 g/mol. The third-order valence-corrected chi connectivity index (χ3v) is 6.53. The molecule has 6 aromatic carbocycles. The Kier molecular flexibility index (Phi) is 3.45. The second kappa shape index (κ2) is 6.35. The van der Waals surface area contributed by atoms with E-state index in [0.29, 0.717) is 0 Å². The number of rotatable bonds is 1. The van der Waals surface area contributed by atoms with Gasteiger partial charge in [0.05, 0.1) is 0 Å². The second-order valence-corrected chi connectivity index (χ2v) is 8.29. The lowest BCUT2D eigenvalue weighted by atomic mass is 9.90. The van der Waals surface area contributed by atoms with E-state index < -0.39 is 0 Å². The quantitative estimate of drug-likeness (QED) is 0.295. The van der Waals surface area contributed by atoms with Crippen LogP contribution in [0.4, 0.5) is 0 Å². The smallest absolute Gasteiger partial charge is 0.143 e. The van der Waals surface area contributed by atoms with Crippen molar-refractivity contribution < 1.29 is 9.52 Å². The summed E-state index contributed by atoms with van der Waals surface area (Å²) in [6.07, 6.45) is 0. The van der Waals surface area contributed by atoms with E-state index in [-0.39, 0.29) is 5.75 Å². The minimum Gasteiger partial charge on any atom is -0.507 e. The molecule has 7 aromatic rings. The first-order valence-electron chi connectivity index (χ1n) is 10.8. The molecule has 0 radical (unpaired) electrons. The molecule has 0 unspecified atom stereocenters. The Hall–Kier alpha value is -4.30. The van der Waals surface area contributed by atoms with E-state index in [4.69, 9.17) is 4.42 Å². The largest absolute Gasteiger partial charge is 0.507 e. The van der Waals surface area contributed by atoms with Crippen molar-refractivity contribution in [3.63, 3.8) is 0 Å². The number of phenolic OH excluding ortho intramolecular Hbond substituents is 1. The number of aromatic hydroxyl groups is 1. The Morgan fingerprint density at radius 1 is 0.531 bits per heavy atom. The monoisotopic (exact) mass is 410 g/mol. The van der Waals surface area contributed by atoms with Crippen molar-refractivity contribution in [1.29, 1.82) is 0 Å². The number of hydrogen-bond donors (Lipinski definition) is 1. The molecule has 0 fully saturated rings. The molecule has 1 N–H and O–H groups in total. The Labute approximate surface area is 183 Å². The van der Waals surface area contributed by atoms with Gasteiger partial charge in [0.2, 0.25) is 0 Å². The fraction of sp³-hybridized carbons (Fsp3) is 0. The lowest BCUT2D eigenvalue weighted by molar-refractivity contribution is 0.478. The van der Waals surface area contributed by atoms with Crippen molar-refractivity contribution in [2.45, 2.75) is 0 Å². The van der Waals surface area contributed by atoms with Gasteiger partial charge >= 0.3 is 0 Å². The first-order chi connectivity index (χ1) is 15.8. The second-order valence-electron chi connectivity index (χ2n) is 8.29. The third kappa shape index (κ3) is 2.29. The number of fused-ring (bicyclic) bond motifs is 8. The average Bonchev–Trinajstić information content (AvgIpc) is 3.24. The molecule has 2 nitrogen and oxygen atoms in total. The summed E-state index contributed by atoms with van der Waals surface area (Å²) in [5.41, 5.74) is 3.55. The van der Waals surface area contributed by atoms with Gasteiger partial charge in [-0.3, -0.25) is 0 Å². The maximum absolute atomic E-state index is 11.1. The first-order valence-corrected chi connectivity index (χ1v) is 10.8. The zero-order valence-corrected chi connectivity index (χ0v) is 17.2. The van der Waals surface area contributed by atoms with Crippen LogP contribution >= 0.6 is 0 Å². The summed E-state index contributed by atoms with van der Waals surface area (Å²) in [4.78, 5) is 0. The number of phenols is 1. The molecule has 32 heavy (non-hydrogen) atoms. The standard InChI is InChI=1S/C30H18O2/c31-25-15-13-18-7-1-4-10-21(18)27(25)24-17-20-9-3-6-12-23(20)30-29(24)28-22-11-5-2-8-19(22)14-16-26(28)32-30/h1-17,31H. The van der Waals surface area contributed by atoms with Crippen molar-refractivity contribution in [2.24, 2.45) is 0 Å². The van der Waals surface area contributed by atoms with Gasteiger partial charge in [-0.15, -0.1) is 0 Å². The van der Waals surface area contributed by atoms with E-state index in [1.54, 1.807) is 6.07 Å². The third-order valence-electron chi connectivity index (χ3n) is 6.53. The molecule has 7 rings (SSSR count). The first kappa shape index (κ1) is 17.4. The van der Waals surface area contributed by atoms with Crippen LogP contribution in [-0.4, -0.2) is 5.11 Å². The molecule has 1 heterocycles. The van der Waals surface area contributed by atoms with E-state index in [2.05, 4.69) is 66.7 Å². The van der Waals surface area contributed by atoms with Crippen molar-refractivity contribution in [3.8, 4) is 16.9 Å². The highest BCUT2D eigenvalue weighted by Gasteiger charge is 2.21. The van der Waals surface area contributed by atoms with E-state index in [9.17, 15) is 5.11 Å². The molecule has 0 atom stereocenters. The lowest BCUT2D eigenvalue weighted by Crippen LogP contribution is -1.86. The van der Waals surface area contributed by atoms with Crippen molar-refractivity contribution >= 4 is 54.3 Å². The predicted octanol–water partition coefficient (Wildman–Crippen LogP) is 8.42. The van der Waals surface area contributed by atoms with Crippen LogP contribution in [0.15, 0.2) is 108 Å². The molecule has 0 saturated heterocycles. The number of benzene rings is 6. The van der Waals surface area contributed by atoms with Crippen LogP contribution in [-0.2, 0) is 0 Å². The molecular weight excluding hydrogens is 392 g/mol. The molecule has 0 amide bonds. The molecule has 0 saturated carbocycles. The Morgan fingerprint density at radius 2 is 1.16 bits per heavy atom. The van der Waals surface area contributed by atoms with Crippen LogP contribution in [0.1, 0.15) is 0 Å². The van der Waals surface area contributed by atoms with Gasteiger partial charge in [0.15, 0.2) is 0 Å². The van der Waals surface area contributed by atoms with Crippen molar-refractivity contribution in [1.82, 2.24) is 0 Å². The van der Waals surface area contributed by atoms with E-state index in [0.717, 1.165) is 60.0 Å². The Bertz CT molecular complexity index is 1840. The molecular formula is C30H18O2. The van der Waals surface area contributed by atoms with Gasteiger partial charge < -0.3 is 9.52 Å². The van der Waals surface area contributed by atoms with Gasteiger partial charge in [0, 0.05) is 21.7 Å². The molecule has 0 bridgehead atoms. The topological polar surface area (TPSA) is 33.4 Å². The molecule has 0 aliphatic heterocycles. The minimum absolute atomic E-state index is 0.273. The maximum atomic E-state index is 11.1. The summed E-state index contributed by atoms with van der Waals surface area (Å²) in [5, 5.41) is 19.8. The SMILES string of the molecule is Oc1ccc2ccccc2c1-c1cc2ccccc2c2oc3ccc4ccccc4c3c12. The normalized spacial score (nSPS) is 11.9. The lowest BCUT2D eigenvalue weighted by Gasteiger charge is -2.13. The van der Waals surface area contributed by atoms with E-state index in [1.807, 2.05) is 30.3 Å². The zero-order valence-electron chi connectivity index (χ0n) is 17.2. The van der Waals surface area contributed by atoms with Crippen LogP contribution in [0.3, 0.4) is 0 Å². The van der Waals surface area contributed by atoms with Crippen LogP contribution < -0.4 is 0 Å². The summed E-state index contributed by atoms with van der Waals surface area (Å²) in [6, 6.07) is 35.0. The Balaban J connectivity index is 1.80. The van der Waals surface area contributed by atoms with Crippen LogP contribution in [0, 0.1) is 0 Å². The predicted molar refractivity (Wildman–Crippen MR) is 133 cm³/mol. The fourth-order valence-corrected chi connectivity index (χ4v) is 5.11. The van der Waals surface area contributed by atoms with Crippen molar-refractivity contribution in [2.75, 3.05) is 0 Å². The van der Waals surface area contributed by atoms with E-state index in [1.165, 1.54) is 5.39 Å². The van der Waals surface area contributed by atoms with Crippen molar-refractivity contribution in [3.05, 3.63) is 103 Å². The zero-order chi connectivity index (χ0) is 21.2. The summed E-state index contributed by atoms with van der Waals surface area (Å²) in [7, 11) is 0. The van der Waals surface area contributed by atoms with Crippen LogP contribution in [0.5, 0.6) is 5.75 Å². The van der Waals surface area contributed by atoms with Gasteiger partial charge in [-0.1, -0.05) is 84.9 Å². The van der Waals surface area contributed by atoms with Crippen LogP contribution in [0.25, 0.3) is 65.4 Å². The molecule has 0 aliphatic carbocycles. The minimum atomic E-state index is 0.273. The summed E-state index contributed by atoms with van der Waals surface area (Å²) < 4.78 is 6.51. The highest BCUT2D eigenvalue weighted by molar-refractivity contribution is 6.28. The van der Waals surface area contributed by atoms with Gasteiger partial charge in [0.1, 0.15) is 16.9 Å². The summed E-state index contributed by atoms with van der Waals surface area (Å²) in [5.74, 6) is 0.273. The van der Waals surface area contributed by atoms with Gasteiger partial charge in [-0.2, -0.15) is 0 Å². The highest BCUT2D eigenvalue weighted by Crippen LogP contribution is 2.47. The highest BCUT2D eigenvalue weighted by atomic mass is 16.3. The number of hydrogen-bond acceptors (Lipinski definition) is 2. The summed E-state index contributed by atoms with van der Waals surface area (Å²) in [6.45, 7) is 0. The molecule has 150 valence electrons. The molecule has 0 aliphatic rings. The van der Waals surface area contributed by atoms with Gasteiger partial charge in [-0.05, 0) is 50.7 Å². The molecule has 0 spiro atoms. The van der Waals surface area contributed by atoms with Crippen LogP contribution in [0.2, 0.25) is 0 Å². The molecule has 2 heteroatoms. The fourth-order valence-electron chi connectivity index (χ4n) is 5.11. The van der Waals surface area contributed by atoms with Gasteiger partial charge in [0.25, 0.3) is 0 Å². The van der Waals surface area contributed by atoms with Gasteiger partial charge in [-0.25, -0.2) is 0 Å². The summed E-state index contributed by atoms with van der Waals surface area (Å²) >= 11 is 0. The molecule has 1 aromatic heterocycles. The maximum Gasteiger partial charge on any atom is 0.143 e. The number of furan rings is 1. The Morgan fingerprint density at radius 3 is 1.97 bits per heavy atom.